The molecule has 2 N–H and O–H groups in total. The Hall–Kier alpha value is -2.81. The van der Waals surface area contributed by atoms with E-state index in [9.17, 15) is 18.7 Å². The van der Waals surface area contributed by atoms with Gasteiger partial charge in [-0.1, -0.05) is 0 Å². The average molecular weight is 401 g/mol. The summed E-state index contributed by atoms with van der Waals surface area (Å²) < 4.78 is 28.1. The maximum atomic E-state index is 14.3. The van der Waals surface area contributed by atoms with E-state index >= 15 is 0 Å². The van der Waals surface area contributed by atoms with Crippen molar-refractivity contribution in [2.45, 2.75) is 49.5 Å². The molecule has 1 amide bonds. The number of likely N-dealkylation sites (tertiary alicyclic amines) is 1. The zero-order chi connectivity index (χ0) is 20.2. The highest BCUT2D eigenvalue weighted by Crippen LogP contribution is 2.37. The molecule has 7 nitrogen and oxygen atoms in total. The first-order chi connectivity index (χ1) is 13.9. The molecular formula is C20H21F2N5O2. The number of rotatable bonds is 3. The topological polar surface area (TPSA) is 80.5 Å². The van der Waals surface area contributed by atoms with E-state index in [-0.39, 0.29) is 6.04 Å². The Balaban J connectivity index is 1.38. The third-order valence-electron chi connectivity index (χ3n) is 5.90. The molecular weight excluding hydrogens is 380 g/mol. The van der Waals surface area contributed by atoms with Crippen molar-refractivity contribution in [2.24, 2.45) is 10.1 Å². The first-order valence-corrected chi connectivity index (χ1v) is 9.78. The van der Waals surface area contributed by atoms with Crippen LogP contribution in [-0.4, -0.2) is 57.3 Å². The molecule has 0 bridgehead atoms. The monoisotopic (exact) mass is 401 g/mol. The van der Waals surface area contributed by atoms with Crippen LogP contribution in [0.15, 0.2) is 40.6 Å². The number of fused-ring (bicyclic) bond motifs is 1. The molecule has 1 aromatic carbocycles. The number of aliphatic hydroxyl groups is 1. The van der Waals surface area contributed by atoms with Crippen molar-refractivity contribution in [3.05, 3.63) is 47.7 Å². The summed E-state index contributed by atoms with van der Waals surface area (Å²) in [5.74, 6) is -0.668. The van der Waals surface area contributed by atoms with E-state index in [1.54, 1.807) is 23.5 Å². The highest BCUT2D eigenvalue weighted by molar-refractivity contribution is 5.95. The largest absolute Gasteiger partial charge is 0.380 e. The Morgan fingerprint density at radius 3 is 2.93 bits per heavy atom. The Labute approximate surface area is 166 Å². The smallest absolute Gasteiger partial charge is 0.252 e. The summed E-state index contributed by atoms with van der Waals surface area (Å²) in [6.07, 6.45) is 7.14. The van der Waals surface area contributed by atoms with Gasteiger partial charge >= 0.3 is 0 Å². The Kier molecular flexibility index (Phi) is 4.16. The molecule has 3 atom stereocenters. The molecule has 0 spiro atoms. The molecule has 2 unspecified atom stereocenters. The number of hydrogen-bond donors (Lipinski definition) is 2. The quantitative estimate of drug-likeness (QED) is 0.808. The second-order valence-electron chi connectivity index (χ2n) is 7.91. The number of nitrogens with zero attached hydrogens (tertiary/aromatic N) is 4. The molecule has 1 aliphatic carbocycles. The maximum absolute atomic E-state index is 14.3. The molecule has 5 rings (SSSR count). The molecule has 29 heavy (non-hydrogen) atoms. The van der Waals surface area contributed by atoms with Crippen LogP contribution in [0.2, 0.25) is 0 Å². The highest BCUT2D eigenvalue weighted by Gasteiger charge is 2.49. The van der Waals surface area contributed by atoms with Crippen LogP contribution in [0.5, 0.6) is 0 Å². The van der Waals surface area contributed by atoms with Gasteiger partial charge in [-0.05, 0) is 50.0 Å². The molecule has 3 heterocycles. The van der Waals surface area contributed by atoms with Crippen molar-refractivity contribution in [1.82, 2.24) is 15.2 Å². The van der Waals surface area contributed by atoms with Gasteiger partial charge in [-0.15, -0.1) is 0 Å². The number of benzene rings is 1. The van der Waals surface area contributed by atoms with Gasteiger partial charge in [0.2, 0.25) is 0 Å². The van der Waals surface area contributed by atoms with Crippen LogP contribution in [0.3, 0.4) is 0 Å². The van der Waals surface area contributed by atoms with Crippen molar-refractivity contribution in [3.8, 4) is 0 Å². The van der Waals surface area contributed by atoms with Crippen molar-refractivity contribution in [1.29, 1.82) is 0 Å². The van der Waals surface area contributed by atoms with Gasteiger partial charge in [0, 0.05) is 18.3 Å². The number of halogens is 2. The molecule has 4 aliphatic rings. The van der Waals surface area contributed by atoms with E-state index in [1.807, 2.05) is 4.90 Å². The first-order valence-electron chi connectivity index (χ1n) is 9.78. The molecule has 1 saturated heterocycles. The van der Waals surface area contributed by atoms with E-state index < -0.39 is 35.4 Å². The summed E-state index contributed by atoms with van der Waals surface area (Å²) in [5.41, 5.74) is -0.947. The van der Waals surface area contributed by atoms with Gasteiger partial charge in [0.15, 0.2) is 6.17 Å². The standard InChI is InChI=1S/C20H21F2N5O2/c21-12-3-4-14(22)13(10-12)16-2-1-8-26(16)17-5-9-27-18(25-17)15(11-23-27)24-19(28)20(29)6-7-20/h3-5,9-11,15-16,18,29H,1-2,6-8H2,(H,24,28)/t15?,16-,18?/m1/s1. The number of hydrazone groups is 1. The molecule has 2 fully saturated rings. The summed E-state index contributed by atoms with van der Waals surface area (Å²) in [6, 6.07) is 2.74. The Morgan fingerprint density at radius 2 is 2.14 bits per heavy atom. The minimum Gasteiger partial charge on any atom is -0.380 e. The van der Waals surface area contributed by atoms with Crippen LogP contribution in [0, 0.1) is 11.6 Å². The second-order valence-corrected chi connectivity index (χ2v) is 7.91. The highest BCUT2D eigenvalue weighted by atomic mass is 19.1. The predicted octanol–water partition coefficient (Wildman–Crippen LogP) is 1.66. The molecule has 3 aliphatic heterocycles. The third kappa shape index (κ3) is 3.19. The molecule has 0 radical (unpaired) electrons. The number of hydrogen-bond acceptors (Lipinski definition) is 6. The van der Waals surface area contributed by atoms with Crippen molar-refractivity contribution < 1.29 is 18.7 Å². The summed E-state index contributed by atoms with van der Waals surface area (Å²) in [4.78, 5) is 18.9. The van der Waals surface area contributed by atoms with Crippen LogP contribution >= 0.6 is 0 Å². The van der Waals surface area contributed by atoms with Gasteiger partial charge < -0.3 is 15.3 Å². The van der Waals surface area contributed by atoms with Crippen LogP contribution in [0.4, 0.5) is 8.78 Å². The van der Waals surface area contributed by atoms with Crippen LogP contribution in [-0.2, 0) is 4.79 Å². The van der Waals surface area contributed by atoms with E-state index in [2.05, 4.69) is 10.4 Å². The Bertz CT molecular complexity index is 943. The van der Waals surface area contributed by atoms with Gasteiger partial charge in [-0.25, -0.2) is 18.8 Å². The lowest BCUT2D eigenvalue weighted by atomic mass is 10.0. The summed E-state index contributed by atoms with van der Waals surface area (Å²) in [5, 5.41) is 18.7. The summed E-state index contributed by atoms with van der Waals surface area (Å²) >= 11 is 0. The minimum absolute atomic E-state index is 0.303. The Morgan fingerprint density at radius 1 is 1.31 bits per heavy atom. The number of amides is 1. The minimum atomic E-state index is -1.27. The van der Waals surface area contributed by atoms with Gasteiger partial charge in [0.05, 0.1) is 12.3 Å². The second kappa shape index (κ2) is 6.62. The fourth-order valence-corrected chi connectivity index (χ4v) is 4.09. The number of aliphatic imine (C=N–C) groups is 1. The van der Waals surface area contributed by atoms with Gasteiger partial charge in [-0.3, -0.25) is 4.79 Å². The summed E-state index contributed by atoms with van der Waals surface area (Å²) in [6.45, 7) is 0.675. The first kappa shape index (κ1) is 18.2. The molecule has 152 valence electrons. The number of carbonyl (C=O) groups is 1. The lowest BCUT2D eigenvalue weighted by Crippen LogP contribution is -2.50. The lowest BCUT2D eigenvalue weighted by Gasteiger charge is -2.32. The van der Waals surface area contributed by atoms with Crippen LogP contribution in [0.1, 0.15) is 37.3 Å². The van der Waals surface area contributed by atoms with E-state index in [0.717, 1.165) is 18.6 Å². The fourth-order valence-electron chi connectivity index (χ4n) is 4.09. The number of carbonyl (C=O) groups excluding carboxylic acids is 1. The van der Waals surface area contributed by atoms with Gasteiger partial charge in [0.1, 0.15) is 29.1 Å². The number of nitrogens with one attached hydrogen (secondary N) is 1. The van der Waals surface area contributed by atoms with E-state index in [0.29, 0.717) is 37.2 Å². The normalized spacial score (nSPS) is 29.1. The van der Waals surface area contributed by atoms with Gasteiger partial charge in [-0.2, -0.15) is 5.10 Å². The van der Waals surface area contributed by atoms with Crippen molar-refractivity contribution >= 4 is 18.0 Å². The lowest BCUT2D eigenvalue weighted by molar-refractivity contribution is -0.131. The maximum Gasteiger partial charge on any atom is 0.252 e. The molecule has 9 heteroatoms. The zero-order valence-corrected chi connectivity index (χ0v) is 15.6. The van der Waals surface area contributed by atoms with E-state index in [4.69, 9.17) is 4.99 Å². The third-order valence-corrected chi connectivity index (χ3v) is 5.90. The van der Waals surface area contributed by atoms with Crippen molar-refractivity contribution in [3.63, 3.8) is 0 Å². The number of amidine groups is 1. The van der Waals surface area contributed by atoms with Crippen LogP contribution < -0.4 is 5.32 Å². The summed E-state index contributed by atoms with van der Waals surface area (Å²) in [7, 11) is 0. The molecule has 1 aromatic rings. The average Bonchev–Trinajstić information content (AvgIpc) is 3.13. The SMILES string of the molecule is O=C(NC1C=NN2C=CC(N3CCC[C@@H]3c3cc(F)ccc3F)=NC12)C1(O)CC1. The van der Waals surface area contributed by atoms with Gasteiger partial charge in [0.25, 0.3) is 5.91 Å². The van der Waals surface area contributed by atoms with E-state index in [1.165, 1.54) is 6.07 Å². The predicted molar refractivity (Wildman–Crippen MR) is 102 cm³/mol. The molecule has 1 saturated carbocycles. The van der Waals surface area contributed by atoms with Crippen molar-refractivity contribution in [2.75, 3.05) is 6.54 Å². The fraction of sp³-hybridized carbons (Fsp3) is 0.450. The van der Waals surface area contributed by atoms with Crippen LogP contribution in [0.25, 0.3) is 0 Å². The molecule has 0 aromatic heterocycles. The zero-order valence-electron chi connectivity index (χ0n) is 15.6.